The minimum absolute atomic E-state index is 0.327. The van der Waals surface area contributed by atoms with Gasteiger partial charge >= 0.3 is 0 Å². The number of aromatic amines is 1. The number of aromatic nitrogens is 3. The first-order valence-electron chi connectivity index (χ1n) is 7.80. The molecule has 0 fully saturated rings. The molecule has 1 aromatic carbocycles. The summed E-state index contributed by atoms with van der Waals surface area (Å²) in [5.74, 6) is -0.305. The number of hydrogen-bond acceptors (Lipinski definition) is 4. The van der Waals surface area contributed by atoms with Crippen LogP contribution in [-0.2, 0) is 0 Å². The number of carbonyl (C=O) groups is 1. The van der Waals surface area contributed by atoms with Crippen LogP contribution in [-0.4, -0.2) is 21.1 Å². The number of rotatable bonds is 4. The van der Waals surface area contributed by atoms with E-state index < -0.39 is 0 Å². The third-order valence-electron chi connectivity index (χ3n) is 3.88. The van der Waals surface area contributed by atoms with Crippen LogP contribution in [0.15, 0.2) is 71.8 Å². The van der Waals surface area contributed by atoms with Crippen molar-refractivity contribution >= 4 is 11.7 Å². The first kappa shape index (κ1) is 15.8. The molecule has 0 bridgehead atoms. The summed E-state index contributed by atoms with van der Waals surface area (Å²) in [7, 11) is 0. The second-order valence-corrected chi connectivity index (χ2v) is 5.53. The number of pyridine rings is 1. The molecule has 0 saturated carbocycles. The van der Waals surface area contributed by atoms with E-state index in [-0.39, 0.29) is 11.7 Å². The van der Waals surface area contributed by atoms with E-state index in [1.165, 1.54) is 24.7 Å². The Labute approximate surface area is 147 Å². The molecule has 7 heteroatoms. The number of nitrogens with zero attached hydrogens (tertiary/aromatic N) is 2. The van der Waals surface area contributed by atoms with Gasteiger partial charge in [0.25, 0.3) is 5.91 Å². The molecule has 2 N–H and O–H groups in total. The zero-order chi connectivity index (χ0) is 17.9. The van der Waals surface area contributed by atoms with Crippen LogP contribution in [0.5, 0.6) is 0 Å². The fourth-order valence-electron chi connectivity index (χ4n) is 2.63. The predicted octanol–water partition coefficient (Wildman–Crippen LogP) is 4.12. The lowest BCUT2D eigenvalue weighted by atomic mass is 10.0. The Morgan fingerprint density at radius 2 is 1.81 bits per heavy atom. The van der Waals surface area contributed by atoms with Crippen molar-refractivity contribution in [1.29, 1.82) is 0 Å². The topological polar surface area (TPSA) is 83.8 Å². The summed E-state index contributed by atoms with van der Waals surface area (Å²) in [6.45, 7) is 0. The maximum Gasteiger partial charge on any atom is 0.260 e. The molecule has 6 nitrogen and oxygen atoms in total. The molecule has 0 saturated heterocycles. The number of benzene rings is 1. The van der Waals surface area contributed by atoms with E-state index >= 15 is 0 Å². The fraction of sp³-hybridized carbons (Fsp3) is 0. The molecule has 0 atom stereocenters. The van der Waals surface area contributed by atoms with Crippen molar-refractivity contribution < 1.29 is 13.6 Å². The average Bonchev–Trinajstić information content (AvgIpc) is 3.33. The molecule has 0 aliphatic rings. The second kappa shape index (κ2) is 6.64. The van der Waals surface area contributed by atoms with Gasteiger partial charge in [-0.05, 0) is 48.0 Å². The van der Waals surface area contributed by atoms with Crippen LogP contribution in [0.1, 0.15) is 10.4 Å². The highest BCUT2D eigenvalue weighted by molar-refractivity contribution is 6.06. The van der Waals surface area contributed by atoms with E-state index in [0.29, 0.717) is 22.6 Å². The van der Waals surface area contributed by atoms with E-state index in [4.69, 9.17) is 4.42 Å². The Bertz CT molecular complexity index is 1030. The summed E-state index contributed by atoms with van der Waals surface area (Å²) in [4.78, 5) is 16.4. The highest BCUT2D eigenvalue weighted by atomic mass is 19.1. The molecule has 0 aliphatic heterocycles. The minimum atomic E-state index is -0.341. The van der Waals surface area contributed by atoms with Gasteiger partial charge in [0.05, 0.1) is 23.1 Å². The number of furan rings is 1. The van der Waals surface area contributed by atoms with Gasteiger partial charge in [-0.1, -0.05) is 0 Å². The van der Waals surface area contributed by atoms with Gasteiger partial charge < -0.3 is 9.73 Å². The minimum Gasteiger partial charge on any atom is -0.472 e. The van der Waals surface area contributed by atoms with Crippen molar-refractivity contribution in [3.8, 4) is 22.4 Å². The predicted molar refractivity (Wildman–Crippen MR) is 93.9 cm³/mol. The first-order chi connectivity index (χ1) is 12.7. The van der Waals surface area contributed by atoms with Crippen molar-refractivity contribution in [2.75, 3.05) is 5.32 Å². The van der Waals surface area contributed by atoms with E-state index in [1.807, 2.05) is 12.1 Å². The Morgan fingerprint density at radius 1 is 1.04 bits per heavy atom. The van der Waals surface area contributed by atoms with Crippen LogP contribution in [0, 0.1) is 5.82 Å². The average molecular weight is 348 g/mol. The Kier molecular flexibility index (Phi) is 4.03. The largest absolute Gasteiger partial charge is 0.472 e. The van der Waals surface area contributed by atoms with Crippen molar-refractivity contribution in [2.45, 2.75) is 0 Å². The third-order valence-corrected chi connectivity index (χ3v) is 3.88. The van der Waals surface area contributed by atoms with Gasteiger partial charge in [-0.2, -0.15) is 5.10 Å². The summed E-state index contributed by atoms with van der Waals surface area (Å²) in [6, 6.07) is 11.2. The molecule has 0 spiro atoms. The Morgan fingerprint density at radius 3 is 2.50 bits per heavy atom. The summed E-state index contributed by atoms with van der Waals surface area (Å²) >= 11 is 0. The number of H-pyrrole nitrogens is 1. The molecule has 26 heavy (non-hydrogen) atoms. The maximum atomic E-state index is 13.3. The van der Waals surface area contributed by atoms with Gasteiger partial charge in [0.2, 0.25) is 0 Å². The number of carbonyl (C=O) groups excluding carboxylic acids is 1. The number of halogens is 1. The van der Waals surface area contributed by atoms with Gasteiger partial charge in [-0.15, -0.1) is 0 Å². The second-order valence-electron chi connectivity index (χ2n) is 5.53. The van der Waals surface area contributed by atoms with E-state index in [0.717, 1.165) is 11.1 Å². The van der Waals surface area contributed by atoms with Crippen molar-refractivity contribution in [2.24, 2.45) is 0 Å². The zero-order valence-electron chi connectivity index (χ0n) is 13.4. The fourth-order valence-corrected chi connectivity index (χ4v) is 2.63. The third kappa shape index (κ3) is 2.98. The molecular weight excluding hydrogens is 335 g/mol. The smallest absolute Gasteiger partial charge is 0.260 e. The maximum absolute atomic E-state index is 13.3. The van der Waals surface area contributed by atoms with Gasteiger partial charge in [0.15, 0.2) is 5.82 Å². The highest BCUT2D eigenvalue weighted by Gasteiger charge is 2.19. The SMILES string of the molecule is O=C(Nc1n[nH]c(-c2ccc(F)cc2)c1-c1ccncc1)c1ccoc1. The standard InChI is InChI=1S/C19H13FN4O2/c20-15-3-1-13(2-4-15)17-16(12-5-8-21-9-6-12)18(24-23-17)22-19(25)14-7-10-26-11-14/h1-11H,(H2,22,23,24,25). The molecule has 3 aromatic heterocycles. The van der Waals surface area contributed by atoms with E-state index in [1.54, 1.807) is 30.6 Å². The summed E-state index contributed by atoms with van der Waals surface area (Å²) in [6.07, 6.45) is 6.08. The van der Waals surface area contributed by atoms with Gasteiger partial charge in [0.1, 0.15) is 12.1 Å². The monoisotopic (exact) mass is 348 g/mol. The molecule has 128 valence electrons. The quantitative estimate of drug-likeness (QED) is 0.581. The van der Waals surface area contributed by atoms with Gasteiger partial charge in [0, 0.05) is 18.0 Å². The lowest BCUT2D eigenvalue weighted by Crippen LogP contribution is -2.11. The first-order valence-corrected chi connectivity index (χ1v) is 7.80. The summed E-state index contributed by atoms with van der Waals surface area (Å²) in [5, 5.41) is 9.94. The number of hydrogen-bond donors (Lipinski definition) is 2. The van der Waals surface area contributed by atoms with Crippen molar-refractivity contribution in [3.05, 3.63) is 78.8 Å². The highest BCUT2D eigenvalue weighted by Crippen LogP contribution is 2.36. The molecule has 0 radical (unpaired) electrons. The number of nitrogens with one attached hydrogen (secondary N) is 2. The normalized spacial score (nSPS) is 10.7. The van der Waals surface area contributed by atoms with Crippen LogP contribution in [0.25, 0.3) is 22.4 Å². The summed E-state index contributed by atoms with van der Waals surface area (Å²) in [5.41, 5.74) is 3.30. The summed E-state index contributed by atoms with van der Waals surface area (Å²) < 4.78 is 18.2. The van der Waals surface area contributed by atoms with Gasteiger partial charge in [-0.3, -0.25) is 14.9 Å². The number of amides is 1. The molecule has 4 rings (SSSR count). The van der Waals surface area contributed by atoms with Crippen molar-refractivity contribution in [3.63, 3.8) is 0 Å². The van der Waals surface area contributed by atoms with Crippen LogP contribution in [0.2, 0.25) is 0 Å². The van der Waals surface area contributed by atoms with E-state index in [9.17, 15) is 9.18 Å². The Hall–Kier alpha value is -3.74. The Balaban J connectivity index is 1.79. The molecule has 1 amide bonds. The van der Waals surface area contributed by atoms with Crippen LogP contribution in [0.3, 0.4) is 0 Å². The van der Waals surface area contributed by atoms with Crippen LogP contribution >= 0.6 is 0 Å². The lowest BCUT2D eigenvalue weighted by Gasteiger charge is -2.07. The zero-order valence-corrected chi connectivity index (χ0v) is 13.4. The lowest BCUT2D eigenvalue weighted by molar-refractivity contribution is 0.102. The molecule has 0 aliphatic carbocycles. The van der Waals surface area contributed by atoms with Gasteiger partial charge in [-0.25, -0.2) is 4.39 Å². The van der Waals surface area contributed by atoms with Crippen LogP contribution in [0.4, 0.5) is 10.2 Å². The molecular formula is C19H13FN4O2. The molecule has 3 heterocycles. The molecule has 0 unspecified atom stereocenters. The molecule has 4 aromatic rings. The number of anilines is 1. The van der Waals surface area contributed by atoms with E-state index in [2.05, 4.69) is 20.5 Å². The van der Waals surface area contributed by atoms with Crippen molar-refractivity contribution in [1.82, 2.24) is 15.2 Å². The van der Waals surface area contributed by atoms with Crippen LogP contribution < -0.4 is 5.32 Å².